The Morgan fingerprint density at radius 2 is 1.81 bits per heavy atom. The SMILES string of the molecule is CCN1CCN(c2ccc(NC(=O)c3ccc4c(c3)SC3=NS(=O)(=O)CCN34)cc2)CC1. The first kappa shape index (κ1) is 21.3. The molecule has 168 valence electrons. The largest absolute Gasteiger partial charge is 0.369 e. The van der Waals surface area contributed by atoms with Crippen LogP contribution in [0.25, 0.3) is 0 Å². The highest BCUT2D eigenvalue weighted by atomic mass is 32.2. The average molecular weight is 472 g/mol. The number of benzene rings is 2. The van der Waals surface area contributed by atoms with Crippen molar-refractivity contribution in [2.45, 2.75) is 11.8 Å². The van der Waals surface area contributed by atoms with Crippen LogP contribution in [0.3, 0.4) is 0 Å². The van der Waals surface area contributed by atoms with Crippen LogP contribution in [0.15, 0.2) is 51.8 Å². The second-order valence-corrected chi connectivity index (χ2v) is 10.8. The Morgan fingerprint density at radius 3 is 2.53 bits per heavy atom. The van der Waals surface area contributed by atoms with E-state index < -0.39 is 10.0 Å². The van der Waals surface area contributed by atoms with E-state index in [9.17, 15) is 13.2 Å². The van der Waals surface area contributed by atoms with Crippen molar-refractivity contribution in [1.29, 1.82) is 0 Å². The van der Waals surface area contributed by atoms with Gasteiger partial charge in [-0.2, -0.15) is 0 Å². The minimum atomic E-state index is -3.40. The maximum Gasteiger partial charge on any atom is 0.257 e. The third kappa shape index (κ3) is 4.22. The van der Waals surface area contributed by atoms with Gasteiger partial charge in [-0.3, -0.25) is 4.79 Å². The standard InChI is InChI=1S/C22H25N5O3S2/c1-2-25-9-11-26(12-10-25)18-6-4-17(5-7-18)23-21(28)16-3-8-19-20(15-16)31-22-24-32(29,30)14-13-27(19)22/h3-8,15H,2,9-14H2,1H3,(H,23,28). The Balaban J connectivity index is 1.26. The predicted octanol–water partition coefficient (Wildman–Crippen LogP) is 2.69. The number of carbonyl (C=O) groups excluding carboxylic acids is 1. The number of likely N-dealkylation sites (N-methyl/N-ethyl adjacent to an activating group) is 1. The first-order valence-corrected chi connectivity index (χ1v) is 13.2. The molecule has 32 heavy (non-hydrogen) atoms. The number of nitrogens with one attached hydrogen (secondary N) is 1. The molecule has 0 saturated carbocycles. The van der Waals surface area contributed by atoms with E-state index in [2.05, 4.69) is 26.4 Å². The highest BCUT2D eigenvalue weighted by Crippen LogP contribution is 2.42. The number of amidine groups is 1. The van der Waals surface area contributed by atoms with Crippen LogP contribution in [0.5, 0.6) is 0 Å². The molecule has 3 aliphatic rings. The minimum Gasteiger partial charge on any atom is -0.369 e. The number of fused-ring (bicyclic) bond motifs is 3. The lowest BCUT2D eigenvalue weighted by Gasteiger charge is -2.35. The van der Waals surface area contributed by atoms with Crippen LogP contribution in [-0.4, -0.2) is 69.4 Å². The molecule has 2 aromatic rings. The molecule has 1 N–H and O–H groups in total. The van der Waals surface area contributed by atoms with E-state index in [-0.39, 0.29) is 11.7 Å². The fraction of sp³-hybridized carbons (Fsp3) is 0.364. The normalized spacial score (nSPS) is 19.8. The van der Waals surface area contributed by atoms with Gasteiger partial charge in [-0.05, 0) is 60.8 Å². The third-order valence-electron chi connectivity index (χ3n) is 6.04. The molecule has 3 aliphatic heterocycles. The van der Waals surface area contributed by atoms with Crippen molar-refractivity contribution < 1.29 is 13.2 Å². The van der Waals surface area contributed by atoms with Gasteiger partial charge in [0.15, 0.2) is 5.17 Å². The zero-order valence-electron chi connectivity index (χ0n) is 17.8. The molecule has 10 heteroatoms. The van der Waals surface area contributed by atoms with Crippen molar-refractivity contribution in [3.63, 3.8) is 0 Å². The Kier molecular flexibility index (Phi) is 5.60. The number of thioether (sulfide) groups is 1. The van der Waals surface area contributed by atoms with E-state index in [0.717, 1.165) is 49.0 Å². The maximum atomic E-state index is 12.8. The first-order valence-electron chi connectivity index (χ1n) is 10.7. The van der Waals surface area contributed by atoms with Gasteiger partial charge < -0.3 is 20.0 Å². The summed E-state index contributed by atoms with van der Waals surface area (Å²) in [5.41, 5.74) is 3.33. The third-order valence-corrected chi connectivity index (χ3v) is 8.35. The topological polar surface area (TPSA) is 85.3 Å². The molecule has 1 fully saturated rings. The van der Waals surface area contributed by atoms with E-state index in [1.54, 1.807) is 12.1 Å². The number of hydrogen-bond donors (Lipinski definition) is 1. The summed E-state index contributed by atoms with van der Waals surface area (Å²) < 4.78 is 27.4. The molecule has 0 bridgehead atoms. The molecule has 0 atom stereocenters. The molecule has 0 radical (unpaired) electrons. The van der Waals surface area contributed by atoms with Gasteiger partial charge in [0.25, 0.3) is 15.9 Å². The summed E-state index contributed by atoms with van der Waals surface area (Å²) in [5.74, 6) is -0.194. The Bertz CT molecular complexity index is 1170. The molecule has 0 unspecified atom stereocenters. The van der Waals surface area contributed by atoms with Gasteiger partial charge in [0.1, 0.15) is 0 Å². The number of amides is 1. The van der Waals surface area contributed by atoms with Crippen LogP contribution in [-0.2, 0) is 10.0 Å². The lowest BCUT2D eigenvalue weighted by Crippen LogP contribution is -2.46. The lowest BCUT2D eigenvalue weighted by molar-refractivity contribution is 0.102. The van der Waals surface area contributed by atoms with E-state index >= 15 is 0 Å². The fourth-order valence-corrected chi connectivity index (χ4v) is 6.45. The smallest absolute Gasteiger partial charge is 0.257 e. The Labute approximate surface area is 192 Å². The van der Waals surface area contributed by atoms with E-state index in [0.29, 0.717) is 17.3 Å². The molecule has 2 aromatic carbocycles. The summed E-state index contributed by atoms with van der Waals surface area (Å²) in [6.07, 6.45) is 0. The molecule has 1 saturated heterocycles. The lowest BCUT2D eigenvalue weighted by atomic mass is 10.1. The van der Waals surface area contributed by atoms with Crippen LogP contribution in [0.1, 0.15) is 17.3 Å². The zero-order valence-corrected chi connectivity index (χ0v) is 19.5. The van der Waals surface area contributed by atoms with Gasteiger partial charge in [-0.1, -0.05) is 6.92 Å². The van der Waals surface area contributed by atoms with E-state index in [4.69, 9.17) is 0 Å². The number of nitrogens with zero attached hydrogens (tertiary/aromatic N) is 4. The van der Waals surface area contributed by atoms with Crippen LogP contribution < -0.4 is 15.1 Å². The Hall–Kier alpha value is -2.56. The van der Waals surface area contributed by atoms with Crippen molar-refractivity contribution in [3.8, 4) is 0 Å². The summed E-state index contributed by atoms with van der Waals surface area (Å²) in [4.78, 5) is 20.4. The number of piperazine rings is 1. The summed E-state index contributed by atoms with van der Waals surface area (Å²) in [6, 6.07) is 13.4. The second kappa shape index (κ2) is 8.42. The van der Waals surface area contributed by atoms with E-state index in [1.165, 1.54) is 17.4 Å². The summed E-state index contributed by atoms with van der Waals surface area (Å²) in [7, 11) is -3.40. The zero-order chi connectivity index (χ0) is 22.3. The molecule has 3 heterocycles. The van der Waals surface area contributed by atoms with Gasteiger partial charge in [0.05, 0.1) is 11.4 Å². The number of hydrogen-bond acceptors (Lipinski definition) is 7. The van der Waals surface area contributed by atoms with Crippen molar-refractivity contribution in [2.24, 2.45) is 4.40 Å². The average Bonchev–Trinajstić information content (AvgIpc) is 3.15. The minimum absolute atomic E-state index is 0.00300. The molecular formula is C22H25N5O3S2. The Morgan fingerprint density at radius 1 is 1.06 bits per heavy atom. The first-order chi connectivity index (χ1) is 15.4. The number of carbonyl (C=O) groups is 1. The van der Waals surface area contributed by atoms with Gasteiger partial charge in [-0.25, -0.2) is 8.42 Å². The maximum absolute atomic E-state index is 12.8. The van der Waals surface area contributed by atoms with Crippen molar-refractivity contribution >= 4 is 49.9 Å². The molecule has 0 spiro atoms. The van der Waals surface area contributed by atoms with Crippen molar-refractivity contribution in [3.05, 3.63) is 48.0 Å². The molecule has 1 amide bonds. The van der Waals surface area contributed by atoms with E-state index in [1.807, 2.05) is 35.2 Å². The molecule has 5 rings (SSSR count). The van der Waals surface area contributed by atoms with Crippen LogP contribution >= 0.6 is 11.8 Å². The van der Waals surface area contributed by atoms with Gasteiger partial charge in [0.2, 0.25) is 0 Å². The number of anilines is 3. The van der Waals surface area contributed by atoms with Crippen LogP contribution in [0.4, 0.5) is 17.1 Å². The number of sulfonamides is 1. The summed E-state index contributed by atoms with van der Waals surface area (Å²) in [5, 5.41) is 3.41. The highest BCUT2D eigenvalue weighted by Gasteiger charge is 2.33. The highest BCUT2D eigenvalue weighted by molar-refractivity contribution is 8.15. The summed E-state index contributed by atoms with van der Waals surface area (Å²) in [6.45, 7) is 7.82. The quantitative estimate of drug-likeness (QED) is 0.734. The van der Waals surface area contributed by atoms with Gasteiger partial charge in [-0.15, -0.1) is 4.40 Å². The fourth-order valence-electron chi connectivity index (χ4n) is 4.15. The monoisotopic (exact) mass is 471 g/mol. The number of rotatable bonds is 4. The van der Waals surface area contributed by atoms with Gasteiger partial charge >= 0.3 is 0 Å². The second-order valence-electron chi connectivity index (χ2n) is 8.02. The van der Waals surface area contributed by atoms with Crippen molar-refractivity contribution in [2.75, 3.05) is 60.1 Å². The molecule has 0 aromatic heterocycles. The predicted molar refractivity (Wildman–Crippen MR) is 130 cm³/mol. The summed E-state index contributed by atoms with van der Waals surface area (Å²) >= 11 is 1.29. The molecule has 8 nitrogen and oxygen atoms in total. The van der Waals surface area contributed by atoms with Gasteiger partial charge in [0, 0.05) is 54.6 Å². The molecule has 0 aliphatic carbocycles. The van der Waals surface area contributed by atoms with Crippen LogP contribution in [0.2, 0.25) is 0 Å². The molecular weight excluding hydrogens is 446 g/mol. The van der Waals surface area contributed by atoms with Crippen molar-refractivity contribution in [1.82, 2.24) is 4.90 Å². The van der Waals surface area contributed by atoms with Crippen LogP contribution in [0, 0.1) is 0 Å².